The Bertz CT molecular complexity index is 552. The van der Waals surface area contributed by atoms with Gasteiger partial charge in [0.1, 0.15) is 5.75 Å². The molecule has 1 atom stereocenters. The highest BCUT2D eigenvalue weighted by atomic mass is 16.5. The maximum atomic E-state index is 11.9. The number of amides is 1. The number of aromatic amines is 1. The molecule has 0 radical (unpaired) electrons. The summed E-state index contributed by atoms with van der Waals surface area (Å²) < 4.78 is 5.10. The molecule has 1 amide bonds. The van der Waals surface area contributed by atoms with Crippen LogP contribution < -0.4 is 15.8 Å². The summed E-state index contributed by atoms with van der Waals surface area (Å²) in [5.74, 6) is 0.669. The minimum Gasteiger partial charge on any atom is -0.497 e. The van der Waals surface area contributed by atoms with Crippen LogP contribution in [0.1, 0.15) is 11.3 Å². The molecule has 0 spiro atoms. The summed E-state index contributed by atoms with van der Waals surface area (Å²) in [5, 5.41) is 2.84. The van der Waals surface area contributed by atoms with Gasteiger partial charge in [-0.25, -0.2) is 4.98 Å². The standard InChI is InChI=1S/C15H20N4O2/c1-21-13-4-2-11(3-5-13)6-7-18-15(20)14(16)8-12-9-17-10-19-12/h2-5,9-10,14H,6-8,16H2,1H3,(H,17,19)(H,18,20)/t14-/m1/s1. The Balaban J connectivity index is 1.73. The molecule has 0 bridgehead atoms. The molecule has 4 N–H and O–H groups in total. The third-order valence-corrected chi connectivity index (χ3v) is 3.20. The summed E-state index contributed by atoms with van der Waals surface area (Å²) in [4.78, 5) is 18.7. The van der Waals surface area contributed by atoms with Gasteiger partial charge in [-0.1, -0.05) is 12.1 Å². The minimum atomic E-state index is -0.568. The van der Waals surface area contributed by atoms with Crippen molar-refractivity contribution in [3.05, 3.63) is 48.0 Å². The molecule has 0 aliphatic rings. The number of nitrogens with one attached hydrogen (secondary N) is 2. The van der Waals surface area contributed by atoms with Crippen LogP contribution in [-0.2, 0) is 17.6 Å². The maximum absolute atomic E-state index is 11.9. The second kappa shape index (κ2) is 7.44. The number of benzene rings is 1. The molecule has 0 saturated carbocycles. The maximum Gasteiger partial charge on any atom is 0.237 e. The fraction of sp³-hybridized carbons (Fsp3) is 0.333. The highest BCUT2D eigenvalue weighted by molar-refractivity contribution is 5.81. The number of nitrogens with two attached hydrogens (primary N) is 1. The highest BCUT2D eigenvalue weighted by Gasteiger charge is 2.14. The number of carbonyl (C=O) groups is 1. The summed E-state index contributed by atoms with van der Waals surface area (Å²) in [5.41, 5.74) is 7.84. The lowest BCUT2D eigenvalue weighted by Gasteiger charge is -2.11. The first-order valence-electron chi connectivity index (χ1n) is 6.82. The normalized spacial score (nSPS) is 11.9. The molecule has 0 aliphatic carbocycles. The van der Waals surface area contributed by atoms with E-state index in [1.165, 1.54) is 0 Å². The third-order valence-electron chi connectivity index (χ3n) is 3.20. The number of aromatic nitrogens is 2. The number of methoxy groups -OCH3 is 1. The number of hydrogen-bond donors (Lipinski definition) is 3. The van der Waals surface area contributed by atoms with Crippen molar-refractivity contribution in [3.8, 4) is 5.75 Å². The van der Waals surface area contributed by atoms with E-state index in [-0.39, 0.29) is 5.91 Å². The Labute approximate surface area is 123 Å². The number of carbonyl (C=O) groups excluding carboxylic acids is 1. The van der Waals surface area contributed by atoms with E-state index < -0.39 is 6.04 Å². The zero-order valence-electron chi connectivity index (χ0n) is 12.0. The van der Waals surface area contributed by atoms with Gasteiger partial charge < -0.3 is 20.8 Å². The molecular weight excluding hydrogens is 268 g/mol. The van der Waals surface area contributed by atoms with E-state index in [0.29, 0.717) is 13.0 Å². The zero-order chi connectivity index (χ0) is 15.1. The van der Waals surface area contributed by atoms with Crippen LogP contribution in [0.25, 0.3) is 0 Å². The third kappa shape index (κ3) is 4.61. The van der Waals surface area contributed by atoms with Gasteiger partial charge in [-0.15, -0.1) is 0 Å². The van der Waals surface area contributed by atoms with Crippen molar-refractivity contribution in [2.75, 3.05) is 13.7 Å². The molecular formula is C15H20N4O2. The lowest BCUT2D eigenvalue weighted by molar-refractivity contribution is -0.122. The van der Waals surface area contributed by atoms with Gasteiger partial charge in [0, 0.05) is 24.9 Å². The second-order valence-electron chi connectivity index (χ2n) is 4.78. The first-order valence-corrected chi connectivity index (χ1v) is 6.82. The van der Waals surface area contributed by atoms with Gasteiger partial charge in [-0.05, 0) is 24.1 Å². The van der Waals surface area contributed by atoms with Gasteiger partial charge in [0.15, 0.2) is 0 Å². The van der Waals surface area contributed by atoms with Crippen LogP contribution in [0.5, 0.6) is 5.75 Å². The molecule has 6 heteroatoms. The predicted molar refractivity (Wildman–Crippen MR) is 80.0 cm³/mol. The minimum absolute atomic E-state index is 0.155. The van der Waals surface area contributed by atoms with Crippen LogP contribution in [0.4, 0.5) is 0 Å². The summed E-state index contributed by atoms with van der Waals surface area (Å²) in [6, 6.07) is 7.20. The van der Waals surface area contributed by atoms with Crippen LogP contribution in [0.2, 0.25) is 0 Å². The number of imidazole rings is 1. The molecule has 0 saturated heterocycles. The Kier molecular flexibility index (Phi) is 5.34. The molecule has 0 aliphatic heterocycles. The molecule has 1 heterocycles. The Morgan fingerprint density at radius 3 is 2.81 bits per heavy atom. The highest BCUT2D eigenvalue weighted by Crippen LogP contribution is 2.11. The smallest absolute Gasteiger partial charge is 0.237 e. The summed E-state index contributed by atoms with van der Waals surface area (Å²) in [7, 11) is 1.64. The van der Waals surface area contributed by atoms with Crippen LogP contribution in [0.15, 0.2) is 36.8 Å². The monoisotopic (exact) mass is 288 g/mol. The molecule has 1 aromatic heterocycles. The van der Waals surface area contributed by atoms with Gasteiger partial charge in [0.05, 0.1) is 19.5 Å². The van der Waals surface area contributed by atoms with E-state index >= 15 is 0 Å². The van der Waals surface area contributed by atoms with E-state index in [2.05, 4.69) is 15.3 Å². The van der Waals surface area contributed by atoms with Crippen molar-refractivity contribution in [2.45, 2.75) is 18.9 Å². The van der Waals surface area contributed by atoms with E-state index in [1.807, 2.05) is 24.3 Å². The first-order chi connectivity index (χ1) is 10.2. The van der Waals surface area contributed by atoms with E-state index in [1.54, 1.807) is 19.6 Å². The quantitative estimate of drug-likeness (QED) is 0.697. The van der Waals surface area contributed by atoms with Gasteiger partial charge >= 0.3 is 0 Å². The van der Waals surface area contributed by atoms with Gasteiger partial charge in [-0.3, -0.25) is 4.79 Å². The van der Waals surface area contributed by atoms with Crippen molar-refractivity contribution >= 4 is 5.91 Å². The van der Waals surface area contributed by atoms with Crippen LogP contribution >= 0.6 is 0 Å². The van der Waals surface area contributed by atoms with E-state index in [4.69, 9.17) is 10.5 Å². The Morgan fingerprint density at radius 2 is 2.19 bits per heavy atom. The summed E-state index contributed by atoms with van der Waals surface area (Å²) in [6.07, 6.45) is 4.45. The van der Waals surface area contributed by atoms with Crippen molar-refractivity contribution in [2.24, 2.45) is 5.73 Å². The van der Waals surface area contributed by atoms with Crippen LogP contribution in [0, 0.1) is 0 Å². The molecule has 6 nitrogen and oxygen atoms in total. The van der Waals surface area contributed by atoms with Gasteiger partial charge in [-0.2, -0.15) is 0 Å². The van der Waals surface area contributed by atoms with Crippen molar-refractivity contribution in [3.63, 3.8) is 0 Å². The zero-order valence-corrected chi connectivity index (χ0v) is 12.0. The molecule has 2 aromatic rings. The van der Waals surface area contributed by atoms with Crippen molar-refractivity contribution in [1.82, 2.24) is 15.3 Å². The van der Waals surface area contributed by atoms with E-state index in [9.17, 15) is 4.79 Å². The average molecular weight is 288 g/mol. The molecule has 21 heavy (non-hydrogen) atoms. The summed E-state index contributed by atoms with van der Waals surface area (Å²) >= 11 is 0. The Morgan fingerprint density at radius 1 is 1.43 bits per heavy atom. The molecule has 0 unspecified atom stereocenters. The topological polar surface area (TPSA) is 93.0 Å². The summed E-state index contributed by atoms with van der Waals surface area (Å²) in [6.45, 7) is 0.557. The lowest BCUT2D eigenvalue weighted by atomic mass is 10.1. The lowest BCUT2D eigenvalue weighted by Crippen LogP contribution is -2.42. The number of nitrogens with zero attached hydrogens (tertiary/aromatic N) is 1. The average Bonchev–Trinajstić information content (AvgIpc) is 3.00. The molecule has 0 fully saturated rings. The fourth-order valence-electron chi connectivity index (χ4n) is 1.98. The molecule has 112 valence electrons. The van der Waals surface area contributed by atoms with Crippen molar-refractivity contribution in [1.29, 1.82) is 0 Å². The molecule has 2 rings (SSSR count). The largest absolute Gasteiger partial charge is 0.497 e. The number of ether oxygens (including phenoxy) is 1. The Hall–Kier alpha value is -2.34. The first kappa shape index (κ1) is 15.1. The van der Waals surface area contributed by atoms with Crippen LogP contribution in [0.3, 0.4) is 0 Å². The number of rotatable bonds is 7. The number of H-pyrrole nitrogens is 1. The SMILES string of the molecule is COc1ccc(CCNC(=O)[C@H](N)Cc2cnc[nH]2)cc1. The number of hydrogen-bond acceptors (Lipinski definition) is 4. The van der Waals surface area contributed by atoms with Gasteiger partial charge in [0.2, 0.25) is 5.91 Å². The van der Waals surface area contributed by atoms with Crippen molar-refractivity contribution < 1.29 is 9.53 Å². The molecule has 1 aromatic carbocycles. The van der Waals surface area contributed by atoms with Crippen LogP contribution in [-0.4, -0.2) is 35.6 Å². The predicted octanol–water partition coefficient (Wildman–Crippen LogP) is 0.647. The second-order valence-corrected chi connectivity index (χ2v) is 4.78. The van der Waals surface area contributed by atoms with E-state index in [0.717, 1.165) is 23.4 Å². The fourth-order valence-corrected chi connectivity index (χ4v) is 1.98. The van der Waals surface area contributed by atoms with Gasteiger partial charge in [0.25, 0.3) is 0 Å².